The van der Waals surface area contributed by atoms with Crippen LogP contribution in [0.1, 0.15) is 144 Å². The van der Waals surface area contributed by atoms with E-state index in [0.29, 0.717) is 41.8 Å². The molecule has 0 aromatic heterocycles. The molecule has 2 fully saturated rings. The number of carbonyl (C=O) groups excluding carboxylic acids is 1. The second kappa shape index (κ2) is 25.9. The summed E-state index contributed by atoms with van der Waals surface area (Å²) in [5, 5.41) is 0.0951. The van der Waals surface area contributed by atoms with E-state index < -0.39 is 16.6 Å². The van der Waals surface area contributed by atoms with Gasteiger partial charge >= 0.3 is 5.97 Å². The maximum atomic E-state index is 14.2. The molecule has 0 radical (unpaired) electrons. The number of benzene rings is 2. The van der Waals surface area contributed by atoms with Crippen molar-refractivity contribution in [3.05, 3.63) is 89.5 Å². The van der Waals surface area contributed by atoms with Crippen LogP contribution in [0.5, 0.6) is 5.75 Å². The van der Waals surface area contributed by atoms with Crippen LogP contribution in [-0.4, -0.2) is 82.4 Å². The average Bonchev–Trinajstić information content (AvgIpc) is 3.71. The zero-order chi connectivity index (χ0) is 48.9. The van der Waals surface area contributed by atoms with Crippen LogP contribution in [0, 0.1) is 11.8 Å². The standard InChI is InChI=1S/C55H90O7S2Si2/c1-39(2)22-20-25-50(61-65(15,16)54(11,12)13)49-31-30-48(59-49)36-55(63-32-21-33-64-55)35-43(9)51(60-53(56)46-23-18-17-19-24-46)34-52(62-66(40(3)4,41(5)6)42(7)8)44(10)37-58-38-45-26-28-47(57-14)29-27-45/h17-20,22-29,40-44,48-52H,21,30-38H2,1-16H3/b25-20+/t43-,44+,48+,49+,50+,51-,52-/m0/s1. The van der Waals surface area contributed by atoms with E-state index in [9.17, 15) is 4.79 Å². The van der Waals surface area contributed by atoms with E-state index in [1.165, 1.54) is 12.0 Å². The van der Waals surface area contributed by atoms with Crippen LogP contribution in [0.3, 0.4) is 0 Å². The third-order valence-corrected chi connectivity index (χ3v) is 28.5. The first-order chi connectivity index (χ1) is 31.0. The molecule has 2 aromatic carbocycles. The van der Waals surface area contributed by atoms with Crippen LogP contribution in [0.25, 0.3) is 0 Å². The van der Waals surface area contributed by atoms with Crippen molar-refractivity contribution in [3.63, 3.8) is 0 Å². The number of thioether (sulfide) groups is 2. The summed E-state index contributed by atoms with van der Waals surface area (Å²) in [7, 11) is -2.74. The van der Waals surface area contributed by atoms with E-state index in [2.05, 4.69) is 157 Å². The summed E-state index contributed by atoms with van der Waals surface area (Å²) in [5.41, 5.74) is 4.15. The Morgan fingerprint density at radius 3 is 2.03 bits per heavy atom. The van der Waals surface area contributed by atoms with Gasteiger partial charge in [0.05, 0.1) is 54.4 Å². The molecule has 372 valence electrons. The molecule has 0 saturated carbocycles. The predicted molar refractivity (Wildman–Crippen MR) is 287 cm³/mol. The van der Waals surface area contributed by atoms with E-state index in [1.807, 2.05) is 42.5 Å². The Morgan fingerprint density at radius 2 is 1.47 bits per heavy atom. The van der Waals surface area contributed by atoms with Gasteiger partial charge < -0.3 is 27.8 Å². The van der Waals surface area contributed by atoms with E-state index in [1.54, 1.807) is 7.11 Å². The van der Waals surface area contributed by atoms with Gasteiger partial charge in [-0.1, -0.05) is 130 Å². The molecule has 2 heterocycles. The highest BCUT2D eigenvalue weighted by Gasteiger charge is 2.49. The summed E-state index contributed by atoms with van der Waals surface area (Å²) >= 11 is 4.20. The van der Waals surface area contributed by atoms with Crippen LogP contribution in [0.4, 0.5) is 0 Å². The van der Waals surface area contributed by atoms with E-state index in [4.69, 9.17) is 27.8 Å². The molecule has 2 aromatic rings. The number of carbonyl (C=O) groups is 1. The first-order valence-electron chi connectivity index (χ1n) is 25.1. The highest BCUT2D eigenvalue weighted by molar-refractivity contribution is 8.18. The Morgan fingerprint density at radius 1 is 0.848 bits per heavy atom. The molecule has 4 rings (SSSR count). The van der Waals surface area contributed by atoms with Gasteiger partial charge in [-0.05, 0) is 128 Å². The minimum Gasteiger partial charge on any atom is -0.497 e. The number of ether oxygens (including phenoxy) is 4. The van der Waals surface area contributed by atoms with Gasteiger partial charge in [-0.2, -0.15) is 0 Å². The lowest BCUT2D eigenvalue weighted by molar-refractivity contribution is -0.0270. The molecule has 0 amide bonds. The topological polar surface area (TPSA) is 72.5 Å². The Labute approximate surface area is 413 Å². The van der Waals surface area contributed by atoms with Crippen LogP contribution in [-0.2, 0) is 29.7 Å². The van der Waals surface area contributed by atoms with Crippen LogP contribution in [0.2, 0.25) is 34.8 Å². The van der Waals surface area contributed by atoms with Crippen LogP contribution < -0.4 is 4.74 Å². The van der Waals surface area contributed by atoms with Gasteiger partial charge in [0, 0.05) is 12.3 Å². The second-order valence-electron chi connectivity index (χ2n) is 22.1. The number of hydrogen-bond donors (Lipinski definition) is 0. The van der Waals surface area contributed by atoms with Gasteiger partial charge in [-0.15, -0.1) is 23.5 Å². The van der Waals surface area contributed by atoms with Crippen molar-refractivity contribution >= 4 is 46.1 Å². The highest BCUT2D eigenvalue weighted by Crippen LogP contribution is 2.52. The van der Waals surface area contributed by atoms with E-state index in [0.717, 1.165) is 48.5 Å². The third-order valence-electron chi connectivity index (χ3n) is 14.5. The summed E-state index contributed by atoms with van der Waals surface area (Å²) in [6, 6.07) is 17.6. The fourth-order valence-electron chi connectivity index (χ4n) is 9.81. The van der Waals surface area contributed by atoms with E-state index in [-0.39, 0.29) is 57.4 Å². The number of rotatable bonds is 25. The van der Waals surface area contributed by atoms with Crippen molar-refractivity contribution in [3.8, 4) is 5.75 Å². The van der Waals surface area contributed by atoms with Gasteiger partial charge in [0.1, 0.15) is 11.9 Å². The first kappa shape index (κ1) is 56.7. The molecule has 7 nitrogen and oxygen atoms in total. The zero-order valence-corrected chi connectivity index (χ0v) is 47.6. The zero-order valence-electron chi connectivity index (χ0n) is 43.9. The average molecular weight is 984 g/mol. The molecule has 2 saturated heterocycles. The normalized spacial score (nSPS) is 20.7. The largest absolute Gasteiger partial charge is 0.497 e. The SMILES string of the molecule is COc1ccc(COC[C@@H](C)[C@H](C[C@H](OC(=O)c2ccccc2)[C@@H](C)CC2(C[C@H]3CC[C@H]([C@@H](/C=C/C=C(C)C)O[Si](C)(C)C(C)(C)C)O3)SCCCS2)O[Si](C(C)C)(C(C)C)C(C)C)cc1. The Hall–Kier alpha value is -1.84. The lowest BCUT2D eigenvalue weighted by Gasteiger charge is -2.47. The molecule has 0 N–H and O–H groups in total. The Balaban J connectivity index is 1.66. The summed E-state index contributed by atoms with van der Waals surface area (Å²) in [5.74, 6) is 2.90. The fourth-order valence-corrected chi connectivity index (χ4v) is 20.4. The molecule has 0 aliphatic carbocycles. The highest BCUT2D eigenvalue weighted by atomic mass is 32.2. The summed E-state index contributed by atoms with van der Waals surface area (Å²) in [4.78, 5) is 14.2. The molecule has 2 aliphatic rings. The number of esters is 1. The monoisotopic (exact) mass is 983 g/mol. The van der Waals surface area contributed by atoms with Crippen molar-refractivity contribution in [1.29, 1.82) is 0 Å². The van der Waals surface area contributed by atoms with Crippen molar-refractivity contribution in [2.75, 3.05) is 25.2 Å². The van der Waals surface area contributed by atoms with Gasteiger partial charge in [-0.3, -0.25) is 0 Å². The molecular formula is C55H90O7S2Si2. The minimum absolute atomic E-state index is 0.0113. The van der Waals surface area contributed by atoms with Gasteiger partial charge in [0.25, 0.3) is 0 Å². The molecule has 0 spiro atoms. The smallest absolute Gasteiger partial charge is 0.338 e. The summed E-state index contributed by atoms with van der Waals surface area (Å²) in [6.45, 7) is 35.6. The van der Waals surface area contributed by atoms with Gasteiger partial charge in [0.2, 0.25) is 8.32 Å². The number of hydrogen-bond acceptors (Lipinski definition) is 9. The van der Waals surface area contributed by atoms with Crippen molar-refractivity contribution in [2.45, 2.75) is 204 Å². The Bertz CT molecular complexity index is 1780. The summed E-state index contributed by atoms with van der Waals surface area (Å²) in [6.07, 6.45) is 11.7. The molecule has 66 heavy (non-hydrogen) atoms. The van der Waals surface area contributed by atoms with Gasteiger partial charge in [0.15, 0.2) is 8.32 Å². The fraction of sp³-hybridized carbons (Fsp3) is 0.691. The van der Waals surface area contributed by atoms with Crippen LogP contribution in [0.15, 0.2) is 78.4 Å². The molecule has 0 bridgehead atoms. The summed E-state index contributed by atoms with van der Waals surface area (Å²) < 4.78 is 40.5. The van der Waals surface area contributed by atoms with Gasteiger partial charge in [-0.25, -0.2) is 4.79 Å². The lowest BCUT2D eigenvalue weighted by atomic mass is 9.89. The van der Waals surface area contributed by atoms with E-state index >= 15 is 0 Å². The molecule has 11 heteroatoms. The number of methoxy groups -OCH3 is 1. The maximum absolute atomic E-state index is 14.2. The van der Waals surface area contributed by atoms with Crippen LogP contribution >= 0.6 is 23.5 Å². The Kier molecular flexibility index (Phi) is 22.2. The molecular weight excluding hydrogens is 893 g/mol. The quantitative estimate of drug-likeness (QED) is 0.0549. The molecule has 0 unspecified atom stereocenters. The third kappa shape index (κ3) is 16.1. The minimum atomic E-state index is -2.36. The second-order valence-corrected chi connectivity index (χ2v) is 35.4. The maximum Gasteiger partial charge on any atom is 0.338 e. The lowest BCUT2D eigenvalue weighted by Crippen LogP contribution is -2.52. The van der Waals surface area contributed by atoms with Crippen molar-refractivity contribution in [2.24, 2.45) is 11.8 Å². The predicted octanol–water partition coefficient (Wildman–Crippen LogP) is 15.5. The first-order valence-corrected chi connectivity index (χ1v) is 32.1. The number of allylic oxidation sites excluding steroid dienone is 3. The van der Waals surface area contributed by atoms with Crippen molar-refractivity contribution < 1.29 is 32.6 Å². The molecule has 2 aliphatic heterocycles. The van der Waals surface area contributed by atoms with Crippen molar-refractivity contribution in [1.82, 2.24) is 0 Å². The molecule has 7 atom stereocenters.